The maximum Gasteiger partial charge on any atom is 0.126 e. The van der Waals surface area contributed by atoms with Crippen LogP contribution in [0.15, 0.2) is 18.2 Å². The van der Waals surface area contributed by atoms with Gasteiger partial charge in [-0.25, -0.2) is 4.39 Å². The quantitative estimate of drug-likeness (QED) is 0.502. The van der Waals surface area contributed by atoms with Gasteiger partial charge in [-0.15, -0.1) is 0 Å². The van der Waals surface area contributed by atoms with Crippen LogP contribution in [0.4, 0.5) is 4.39 Å². The normalized spacial score (nSPS) is 37.9. The van der Waals surface area contributed by atoms with E-state index in [9.17, 15) is 4.39 Å². The highest BCUT2D eigenvalue weighted by Gasteiger charge is 2.31. The van der Waals surface area contributed by atoms with Crippen molar-refractivity contribution in [3.05, 3.63) is 35.1 Å². The van der Waals surface area contributed by atoms with Crippen molar-refractivity contribution in [2.45, 2.75) is 103 Å². The molecular weight excluding hydrogens is 331 g/mol. The van der Waals surface area contributed by atoms with Crippen LogP contribution in [0.1, 0.15) is 114 Å². The molecule has 0 spiro atoms. The molecule has 27 heavy (non-hydrogen) atoms. The van der Waals surface area contributed by atoms with Crippen LogP contribution in [0.3, 0.4) is 0 Å². The Labute approximate surface area is 166 Å². The van der Waals surface area contributed by atoms with Gasteiger partial charge >= 0.3 is 0 Å². The fourth-order valence-electron chi connectivity index (χ4n) is 6.38. The summed E-state index contributed by atoms with van der Waals surface area (Å²) in [5, 5.41) is 0. The highest BCUT2D eigenvalue weighted by atomic mass is 19.1. The summed E-state index contributed by atoms with van der Waals surface area (Å²) in [6.07, 6.45) is 15.9. The zero-order valence-corrected chi connectivity index (χ0v) is 17.6. The van der Waals surface area contributed by atoms with E-state index in [-0.39, 0.29) is 5.82 Å². The number of halogens is 1. The molecule has 0 aliphatic heterocycles. The molecule has 0 N–H and O–H groups in total. The van der Waals surface area contributed by atoms with Crippen molar-refractivity contribution in [2.75, 3.05) is 0 Å². The van der Waals surface area contributed by atoms with E-state index < -0.39 is 0 Å². The van der Waals surface area contributed by atoms with E-state index in [1.54, 1.807) is 0 Å². The summed E-state index contributed by atoms with van der Waals surface area (Å²) in [7, 11) is 0. The average molecular weight is 371 g/mol. The Bertz CT molecular complexity index is 597. The van der Waals surface area contributed by atoms with Crippen LogP contribution in [0.25, 0.3) is 0 Å². The van der Waals surface area contributed by atoms with Gasteiger partial charge in [0.25, 0.3) is 0 Å². The molecule has 0 bridgehead atoms. The Balaban J connectivity index is 1.34. The molecule has 0 amide bonds. The van der Waals surface area contributed by atoms with Crippen molar-refractivity contribution in [2.24, 2.45) is 23.7 Å². The summed E-state index contributed by atoms with van der Waals surface area (Å²) in [5.74, 6) is 4.84. The molecule has 3 aliphatic rings. The predicted octanol–water partition coefficient (Wildman–Crippen LogP) is 8.22. The Morgan fingerprint density at radius 1 is 0.630 bits per heavy atom. The third-order valence-corrected chi connectivity index (χ3v) is 8.45. The number of hydrogen-bond donors (Lipinski definition) is 0. The van der Waals surface area contributed by atoms with Gasteiger partial charge < -0.3 is 0 Å². The molecular formula is C26H39F. The molecule has 3 fully saturated rings. The van der Waals surface area contributed by atoms with E-state index in [1.807, 2.05) is 6.07 Å². The lowest BCUT2D eigenvalue weighted by atomic mass is 9.68. The van der Waals surface area contributed by atoms with E-state index in [1.165, 1.54) is 82.6 Å². The van der Waals surface area contributed by atoms with E-state index in [0.29, 0.717) is 11.8 Å². The Hall–Kier alpha value is -0.850. The first kappa shape index (κ1) is 19.5. The Morgan fingerprint density at radius 3 is 1.67 bits per heavy atom. The highest BCUT2D eigenvalue weighted by Crippen LogP contribution is 2.44. The van der Waals surface area contributed by atoms with Gasteiger partial charge in [0.1, 0.15) is 5.82 Å². The van der Waals surface area contributed by atoms with Gasteiger partial charge in [-0.05, 0) is 104 Å². The van der Waals surface area contributed by atoms with Gasteiger partial charge in [0, 0.05) is 0 Å². The third kappa shape index (κ3) is 4.60. The average Bonchev–Trinajstić information content (AvgIpc) is 2.69. The molecule has 0 heterocycles. The molecule has 1 heteroatoms. The molecule has 3 saturated carbocycles. The van der Waals surface area contributed by atoms with E-state index in [0.717, 1.165) is 29.2 Å². The van der Waals surface area contributed by atoms with E-state index in [2.05, 4.69) is 26.0 Å². The van der Waals surface area contributed by atoms with Crippen LogP contribution < -0.4 is 0 Å². The molecule has 4 rings (SSSR count). The summed E-state index contributed by atoms with van der Waals surface area (Å²) in [6, 6.07) is 6.31. The molecule has 0 radical (unpaired) electrons. The molecule has 0 nitrogen and oxygen atoms in total. The second-order valence-electron chi connectivity index (χ2n) is 10.4. The first-order valence-electron chi connectivity index (χ1n) is 11.9. The highest BCUT2D eigenvalue weighted by molar-refractivity contribution is 5.30. The van der Waals surface area contributed by atoms with Gasteiger partial charge in [-0.1, -0.05) is 51.7 Å². The number of rotatable bonds is 3. The maximum absolute atomic E-state index is 14.9. The fourth-order valence-corrected chi connectivity index (χ4v) is 6.38. The van der Waals surface area contributed by atoms with Crippen molar-refractivity contribution in [1.82, 2.24) is 0 Å². The second-order valence-corrected chi connectivity index (χ2v) is 10.4. The molecule has 0 atom stereocenters. The lowest BCUT2D eigenvalue weighted by Gasteiger charge is -2.37. The van der Waals surface area contributed by atoms with Gasteiger partial charge in [0.05, 0.1) is 0 Å². The van der Waals surface area contributed by atoms with Gasteiger partial charge in [-0.3, -0.25) is 0 Å². The van der Waals surface area contributed by atoms with Crippen molar-refractivity contribution >= 4 is 0 Å². The zero-order chi connectivity index (χ0) is 18.8. The SMILES string of the molecule is CC1CCC(c2ccc(C3CCC(C4CCC(C)CC4)CC3)cc2F)CC1. The monoisotopic (exact) mass is 370 g/mol. The Morgan fingerprint density at radius 2 is 1.11 bits per heavy atom. The van der Waals surface area contributed by atoms with Gasteiger partial charge in [0.2, 0.25) is 0 Å². The van der Waals surface area contributed by atoms with Crippen molar-refractivity contribution < 1.29 is 4.39 Å². The molecule has 0 unspecified atom stereocenters. The van der Waals surface area contributed by atoms with Crippen molar-refractivity contribution in [1.29, 1.82) is 0 Å². The third-order valence-electron chi connectivity index (χ3n) is 8.45. The van der Waals surface area contributed by atoms with E-state index >= 15 is 0 Å². The van der Waals surface area contributed by atoms with Crippen LogP contribution in [-0.4, -0.2) is 0 Å². The molecule has 3 aliphatic carbocycles. The molecule has 1 aromatic carbocycles. The first-order chi connectivity index (χ1) is 13.1. The summed E-state index contributed by atoms with van der Waals surface area (Å²) in [6.45, 7) is 4.75. The zero-order valence-electron chi connectivity index (χ0n) is 17.6. The minimum atomic E-state index is 0.0791. The van der Waals surface area contributed by atoms with Crippen LogP contribution in [0, 0.1) is 29.5 Å². The summed E-state index contributed by atoms with van der Waals surface area (Å²) in [5.41, 5.74) is 2.27. The smallest absolute Gasteiger partial charge is 0.126 e. The molecule has 0 saturated heterocycles. The predicted molar refractivity (Wildman–Crippen MR) is 113 cm³/mol. The molecule has 1 aromatic rings. The van der Waals surface area contributed by atoms with Crippen molar-refractivity contribution in [3.63, 3.8) is 0 Å². The van der Waals surface area contributed by atoms with Gasteiger partial charge in [-0.2, -0.15) is 0 Å². The number of hydrogen-bond acceptors (Lipinski definition) is 0. The standard InChI is InChI=1S/C26H39F/c1-18-3-7-20(8-4-18)21-11-13-22(14-12-21)24-15-16-25(26(27)17-24)23-9-5-19(2)6-10-23/h15-23H,3-14H2,1-2H3. The van der Waals surface area contributed by atoms with Crippen molar-refractivity contribution in [3.8, 4) is 0 Å². The molecule has 150 valence electrons. The van der Waals surface area contributed by atoms with E-state index in [4.69, 9.17) is 0 Å². The Kier molecular flexibility index (Phi) is 6.25. The summed E-state index contributed by atoms with van der Waals surface area (Å²) >= 11 is 0. The maximum atomic E-state index is 14.9. The minimum Gasteiger partial charge on any atom is -0.207 e. The van der Waals surface area contributed by atoms with Gasteiger partial charge in [0.15, 0.2) is 0 Å². The first-order valence-corrected chi connectivity index (χ1v) is 11.9. The second kappa shape index (κ2) is 8.66. The fraction of sp³-hybridized carbons (Fsp3) is 0.769. The largest absolute Gasteiger partial charge is 0.207 e. The van der Waals surface area contributed by atoms with Crippen LogP contribution in [0.2, 0.25) is 0 Å². The summed E-state index contributed by atoms with van der Waals surface area (Å²) < 4.78 is 14.9. The number of benzene rings is 1. The van der Waals surface area contributed by atoms with Crippen LogP contribution in [-0.2, 0) is 0 Å². The lowest BCUT2D eigenvalue weighted by molar-refractivity contribution is 0.165. The summed E-state index contributed by atoms with van der Waals surface area (Å²) in [4.78, 5) is 0. The molecule has 0 aromatic heterocycles. The topological polar surface area (TPSA) is 0 Å². The minimum absolute atomic E-state index is 0.0791. The van der Waals surface area contributed by atoms with Crippen LogP contribution >= 0.6 is 0 Å². The lowest BCUT2D eigenvalue weighted by Crippen LogP contribution is -2.24. The van der Waals surface area contributed by atoms with Crippen LogP contribution in [0.5, 0.6) is 0 Å².